The van der Waals surface area contributed by atoms with E-state index in [9.17, 15) is 35.6 Å². The number of nitrogens with zero attached hydrogens (tertiary/aromatic N) is 1. The summed E-state index contributed by atoms with van der Waals surface area (Å²) in [6.45, 7) is -1.26. The molecule has 29 heavy (non-hydrogen) atoms. The molecule has 2 aromatic rings. The number of hydrogen-bond donors (Lipinski definition) is 1. The van der Waals surface area contributed by atoms with Crippen molar-refractivity contribution < 1.29 is 35.6 Å². The molecule has 0 bridgehead atoms. The first-order valence-corrected chi connectivity index (χ1v) is 9.94. The van der Waals surface area contributed by atoms with Gasteiger partial charge in [-0.1, -0.05) is 24.3 Å². The number of anilines is 1. The molecule has 0 radical (unpaired) electrons. The van der Waals surface area contributed by atoms with E-state index in [2.05, 4.69) is 0 Å². The Bertz CT molecular complexity index is 1010. The predicted octanol–water partition coefficient (Wildman–Crippen LogP) is 2.65. The molecule has 0 aliphatic carbocycles. The molecule has 1 N–H and O–H groups in total. The normalized spacial score (nSPS) is 11.8. The van der Waals surface area contributed by atoms with E-state index in [1.807, 2.05) is 0 Å². The Morgan fingerprint density at radius 2 is 1.69 bits per heavy atom. The number of amides is 1. The Hall–Kier alpha value is -2.95. The number of carbonyl (C=O) groups excluding carboxylic acids is 2. The standard InChI is InChI=1S/C18H16F4N2O4S/c1-29(27,28)24(13-5-3-2-4-6-13)11-12-7-8-14(15(19)9-12)16(25)10-23-17(26)18(20,21)22/h2-9H,10-11H2,1H3,(H,23,26). The molecule has 2 rings (SSSR count). The van der Waals surface area contributed by atoms with Crippen molar-refractivity contribution in [1.82, 2.24) is 5.32 Å². The van der Waals surface area contributed by atoms with Crippen LogP contribution in [0.4, 0.5) is 23.2 Å². The Labute approximate surface area is 164 Å². The number of alkyl halides is 3. The van der Waals surface area contributed by atoms with Crippen LogP contribution in [0.2, 0.25) is 0 Å². The third kappa shape index (κ3) is 6.01. The van der Waals surface area contributed by atoms with Crippen LogP contribution in [0.3, 0.4) is 0 Å². The van der Waals surface area contributed by atoms with Gasteiger partial charge in [0.05, 0.1) is 30.6 Å². The molecule has 1 amide bonds. The van der Waals surface area contributed by atoms with Crippen LogP contribution in [0.1, 0.15) is 15.9 Å². The van der Waals surface area contributed by atoms with Crippen LogP contribution < -0.4 is 9.62 Å². The molecule has 0 saturated carbocycles. The number of hydrogen-bond acceptors (Lipinski definition) is 4. The molecule has 0 fully saturated rings. The highest BCUT2D eigenvalue weighted by Crippen LogP contribution is 2.21. The number of halogens is 4. The molecule has 6 nitrogen and oxygen atoms in total. The summed E-state index contributed by atoms with van der Waals surface area (Å²) >= 11 is 0. The number of benzene rings is 2. The van der Waals surface area contributed by atoms with Gasteiger partial charge in [0.2, 0.25) is 10.0 Å². The van der Waals surface area contributed by atoms with Gasteiger partial charge in [-0.15, -0.1) is 0 Å². The van der Waals surface area contributed by atoms with Crippen molar-refractivity contribution in [2.75, 3.05) is 17.1 Å². The summed E-state index contributed by atoms with van der Waals surface area (Å²) in [5.74, 6) is -4.42. The minimum absolute atomic E-state index is 0.215. The fourth-order valence-corrected chi connectivity index (χ4v) is 3.29. The van der Waals surface area contributed by atoms with Crippen LogP contribution in [0.25, 0.3) is 0 Å². The second-order valence-electron chi connectivity index (χ2n) is 6.02. The predicted molar refractivity (Wildman–Crippen MR) is 97.3 cm³/mol. The van der Waals surface area contributed by atoms with Gasteiger partial charge in [-0.05, 0) is 29.8 Å². The van der Waals surface area contributed by atoms with Crippen molar-refractivity contribution in [3.05, 3.63) is 65.5 Å². The van der Waals surface area contributed by atoms with Gasteiger partial charge in [-0.3, -0.25) is 13.9 Å². The third-order valence-electron chi connectivity index (χ3n) is 3.77. The van der Waals surface area contributed by atoms with Crippen molar-refractivity contribution in [1.29, 1.82) is 0 Å². The topological polar surface area (TPSA) is 83.6 Å². The van der Waals surface area contributed by atoms with E-state index < -0.39 is 45.8 Å². The minimum atomic E-state index is -5.16. The van der Waals surface area contributed by atoms with Crippen molar-refractivity contribution in [2.24, 2.45) is 0 Å². The fraction of sp³-hybridized carbons (Fsp3) is 0.222. The molecular formula is C18H16F4N2O4S. The monoisotopic (exact) mass is 432 g/mol. The van der Waals surface area contributed by atoms with E-state index >= 15 is 0 Å². The number of Topliss-reactive ketones (excluding diaryl/α,β-unsaturated/α-hetero) is 1. The average molecular weight is 432 g/mol. The van der Waals surface area contributed by atoms with E-state index in [-0.39, 0.29) is 12.1 Å². The first-order valence-electron chi connectivity index (χ1n) is 8.09. The molecule has 11 heteroatoms. The molecule has 2 aromatic carbocycles. The highest BCUT2D eigenvalue weighted by molar-refractivity contribution is 7.92. The molecule has 0 heterocycles. The largest absolute Gasteiger partial charge is 0.471 e. The lowest BCUT2D eigenvalue weighted by Crippen LogP contribution is -2.39. The lowest BCUT2D eigenvalue weighted by Gasteiger charge is -2.22. The summed E-state index contributed by atoms with van der Waals surface area (Å²) in [5.41, 5.74) is 0.0416. The molecule has 0 atom stereocenters. The van der Waals surface area contributed by atoms with Crippen LogP contribution in [0, 0.1) is 5.82 Å². The van der Waals surface area contributed by atoms with Gasteiger partial charge in [0.15, 0.2) is 5.78 Å². The summed E-state index contributed by atoms with van der Waals surface area (Å²) in [4.78, 5) is 22.6. The van der Waals surface area contributed by atoms with Crippen LogP contribution in [-0.4, -0.2) is 39.1 Å². The second kappa shape index (κ2) is 8.60. The minimum Gasteiger partial charge on any atom is -0.341 e. The summed E-state index contributed by atoms with van der Waals surface area (Å²) in [7, 11) is -3.70. The van der Waals surface area contributed by atoms with Gasteiger partial charge in [-0.25, -0.2) is 12.8 Å². The second-order valence-corrected chi connectivity index (χ2v) is 7.93. The molecule has 0 unspecified atom stereocenters. The number of sulfonamides is 1. The quantitative estimate of drug-likeness (QED) is 0.539. The van der Waals surface area contributed by atoms with E-state index in [0.29, 0.717) is 5.69 Å². The average Bonchev–Trinajstić information content (AvgIpc) is 2.63. The number of ketones is 1. The number of nitrogens with one attached hydrogen (secondary N) is 1. The lowest BCUT2D eigenvalue weighted by atomic mass is 10.1. The Morgan fingerprint density at radius 1 is 1.07 bits per heavy atom. The third-order valence-corrected chi connectivity index (χ3v) is 4.91. The van der Waals surface area contributed by atoms with Gasteiger partial charge in [0.1, 0.15) is 5.82 Å². The number of para-hydroxylation sites is 1. The zero-order valence-electron chi connectivity index (χ0n) is 15.0. The Kier molecular flexibility index (Phi) is 6.62. The van der Waals surface area contributed by atoms with Crippen molar-refractivity contribution in [3.8, 4) is 0 Å². The van der Waals surface area contributed by atoms with Gasteiger partial charge in [0.25, 0.3) is 0 Å². The molecule has 0 aliphatic heterocycles. The van der Waals surface area contributed by atoms with E-state index in [0.717, 1.165) is 22.7 Å². The van der Waals surface area contributed by atoms with Gasteiger partial charge in [0, 0.05) is 0 Å². The molecule has 0 spiro atoms. The van der Waals surface area contributed by atoms with E-state index in [4.69, 9.17) is 0 Å². The van der Waals surface area contributed by atoms with Crippen LogP contribution in [-0.2, 0) is 21.4 Å². The lowest BCUT2D eigenvalue weighted by molar-refractivity contribution is -0.173. The maximum Gasteiger partial charge on any atom is 0.471 e. The fourth-order valence-electron chi connectivity index (χ4n) is 2.40. The SMILES string of the molecule is CS(=O)(=O)N(Cc1ccc(C(=O)CNC(=O)C(F)(F)F)c(F)c1)c1ccccc1. The molecule has 0 aromatic heterocycles. The zero-order chi connectivity index (χ0) is 21.8. The Morgan fingerprint density at radius 3 is 2.21 bits per heavy atom. The summed E-state index contributed by atoms with van der Waals surface area (Å²) in [6, 6.07) is 11.3. The Balaban J connectivity index is 2.18. The first-order chi connectivity index (χ1) is 13.4. The molecular weight excluding hydrogens is 416 g/mol. The van der Waals surface area contributed by atoms with Crippen molar-refractivity contribution in [2.45, 2.75) is 12.7 Å². The smallest absolute Gasteiger partial charge is 0.341 e. The maximum atomic E-state index is 14.3. The van der Waals surface area contributed by atoms with Gasteiger partial charge < -0.3 is 5.32 Å². The summed E-state index contributed by atoms with van der Waals surface area (Å²) in [6.07, 6.45) is -4.17. The zero-order valence-corrected chi connectivity index (χ0v) is 15.8. The highest BCUT2D eigenvalue weighted by atomic mass is 32.2. The molecule has 0 saturated heterocycles. The van der Waals surface area contributed by atoms with Crippen LogP contribution in [0.5, 0.6) is 0 Å². The first kappa shape index (κ1) is 22.3. The van der Waals surface area contributed by atoms with E-state index in [1.165, 1.54) is 11.4 Å². The highest BCUT2D eigenvalue weighted by Gasteiger charge is 2.38. The van der Waals surface area contributed by atoms with Gasteiger partial charge in [-0.2, -0.15) is 13.2 Å². The molecule has 156 valence electrons. The maximum absolute atomic E-state index is 14.3. The van der Waals surface area contributed by atoms with Crippen molar-refractivity contribution >= 4 is 27.4 Å². The summed E-state index contributed by atoms with van der Waals surface area (Å²) in [5, 5.41) is 1.37. The number of rotatable bonds is 7. The van der Waals surface area contributed by atoms with E-state index in [1.54, 1.807) is 30.3 Å². The van der Waals surface area contributed by atoms with Crippen LogP contribution >= 0.6 is 0 Å². The number of carbonyl (C=O) groups is 2. The van der Waals surface area contributed by atoms with Crippen molar-refractivity contribution in [3.63, 3.8) is 0 Å². The van der Waals surface area contributed by atoms with Gasteiger partial charge >= 0.3 is 12.1 Å². The molecule has 0 aliphatic rings. The van der Waals surface area contributed by atoms with Crippen LogP contribution in [0.15, 0.2) is 48.5 Å². The summed E-state index contributed by atoms with van der Waals surface area (Å²) < 4.78 is 75.9.